The summed E-state index contributed by atoms with van der Waals surface area (Å²) in [5.74, 6) is 0. The van der Waals surface area contributed by atoms with Crippen LogP contribution in [0.25, 0.3) is 0 Å². The van der Waals surface area contributed by atoms with E-state index >= 15 is 0 Å². The van der Waals surface area contributed by atoms with Crippen LogP contribution in [0.4, 0.5) is 0 Å². The molecule has 1 N–H and O–H groups in total. The van der Waals surface area contributed by atoms with E-state index in [0.717, 1.165) is 12.1 Å². The maximum atomic E-state index is 3.52. The molecule has 2 nitrogen and oxygen atoms in total. The zero-order valence-corrected chi connectivity index (χ0v) is 11.3. The third-order valence-electron chi connectivity index (χ3n) is 4.59. The molecule has 0 bridgehead atoms. The summed E-state index contributed by atoms with van der Waals surface area (Å²) in [6.45, 7) is 11.0. The first kappa shape index (κ1) is 12.4. The Morgan fingerprint density at radius 2 is 2.12 bits per heavy atom. The van der Waals surface area contributed by atoms with E-state index in [-0.39, 0.29) is 0 Å². The van der Waals surface area contributed by atoms with E-state index in [4.69, 9.17) is 0 Å². The van der Waals surface area contributed by atoms with Gasteiger partial charge in [-0.3, -0.25) is 4.90 Å². The van der Waals surface area contributed by atoms with Crippen molar-refractivity contribution in [1.29, 1.82) is 0 Å². The molecule has 0 aromatic rings. The molecule has 2 unspecified atom stereocenters. The molecule has 2 fully saturated rings. The van der Waals surface area contributed by atoms with Gasteiger partial charge in [-0.15, -0.1) is 0 Å². The molecule has 0 aromatic heterocycles. The van der Waals surface area contributed by atoms with Gasteiger partial charge < -0.3 is 5.32 Å². The second-order valence-electron chi connectivity index (χ2n) is 6.28. The van der Waals surface area contributed by atoms with E-state index in [2.05, 4.69) is 31.0 Å². The van der Waals surface area contributed by atoms with Crippen molar-refractivity contribution in [2.24, 2.45) is 5.41 Å². The Morgan fingerprint density at radius 1 is 1.31 bits per heavy atom. The van der Waals surface area contributed by atoms with Gasteiger partial charge in [0.15, 0.2) is 0 Å². The van der Waals surface area contributed by atoms with Gasteiger partial charge in [0.05, 0.1) is 0 Å². The highest BCUT2D eigenvalue weighted by Crippen LogP contribution is 2.41. The molecule has 2 atom stereocenters. The smallest absolute Gasteiger partial charge is 0.0235 e. The van der Waals surface area contributed by atoms with Crippen LogP contribution in [-0.4, -0.2) is 36.6 Å². The zero-order chi connectivity index (χ0) is 11.6. The first-order valence-electron chi connectivity index (χ1n) is 7.11. The Hall–Kier alpha value is -0.0800. The molecule has 1 aliphatic heterocycles. The highest BCUT2D eigenvalue weighted by molar-refractivity contribution is 4.95. The lowest BCUT2D eigenvalue weighted by molar-refractivity contribution is 0.0763. The van der Waals surface area contributed by atoms with Gasteiger partial charge in [-0.1, -0.05) is 27.2 Å². The van der Waals surface area contributed by atoms with E-state index in [0.29, 0.717) is 5.41 Å². The fourth-order valence-electron chi connectivity index (χ4n) is 3.70. The van der Waals surface area contributed by atoms with E-state index in [1.165, 1.54) is 51.7 Å². The molecule has 0 aromatic carbocycles. The first-order chi connectivity index (χ1) is 7.65. The van der Waals surface area contributed by atoms with Gasteiger partial charge in [0.25, 0.3) is 0 Å². The number of hydrogen-bond donors (Lipinski definition) is 1. The van der Waals surface area contributed by atoms with Gasteiger partial charge in [0.1, 0.15) is 0 Å². The second kappa shape index (κ2) is 5.05. The van der Waals surface area contributed by atoms with E-state index < -0.39 is 0 Å². The lowest BCUT2D eigenvalue weighted by Gasteiger charge is -2.41. The van der Waals surface area contributed by atoms with Crippen LogP contribution in [0, 0.1) is 5.41 Å². The Bertz CT molecular complexity index is 219. The number of nitrogens with zero attached hydrogens (tertiary/aromatic N) is 1. The molecule has 1 heterocycles. The van der Waals surface area contributed by atoms with Crippen LogP contribution in [0.3, 0.4) is 0 Å². The molecule has 1 saturated heterocycles. The Labute approximate surface area is 101 Å². The predicted molar refractivity (Wildman–Crippen MR) is 69.7 cm³/mol. The van der Waals surface area contributed by atoms with Gasteiger partial charge in [-0.2, -0.15) is 0 Å². The Morgan fingerprint density at radius 3 is 2.62 bits per heavy atom. The van der Waals surface area contributed by atoms with Crippen molar-refractivity contribution in [2.45, 2.75) is 65.0 Å². The Balaban J connectivity index is 2.05. The van der Waals surface area contributed by atoms with Crippen molar-refractivity contribution in [1.82, 2.24) is 10.2 Å². The third kappa shape index (κ3) is 2.43. The van der Waals surface area contributed by atoms with Gasteiger partial charge in [-0.25, -0.2) is 0 Å². The van der Waals surface area contributed by atoms with Gasteiger partial charge >= 0.3 is 0 Å². The fraction of sp³-hybridized carbons (Fsp3) is 1.00. The monoisotopic (exact) mass is 224 g/mol. The van der Waals surface area contributed by atoms with Gasteiger partial charge in [0, 0.05) is 18.6 Å². The maximum absolute atomic E-state index is 3.52. The van der Waals surface area contributed by atoms with Crippen LogP contribution in [0.1, 0.15) is 52.9 Å². The van der Waals surface area contributed by atoms with Crippen LogP contribution in [0.15, 0.2) is 0 Å². The van der Waals surface area contributed by atoms with Crippen LogP contribution < -0.4 is 5.32 Å². The highest BCUT2D eigenvalue weighted by Gasteiger charge is 2.40. The molecular formula is C14H28N2. The van der Waals surface area contributed by atoms with E-state index in [1.807, 2.05) is 0 Å². The molecule has 0 radical (unpaired) electrons. The van der Waals surface area contributed by atoms with Gasteiger partial charge in [-0.05, 0) is 44.2 Å². The van der Waals surface area contributed by atoms with Crippen LogP contribution in [-0.2, 0) is 0 Å². The van der Waals surface area contributed by atoms with Gasteiger partial charge in [0.2, 0.25) is 0 Å². The van der Waals surface area contributed by atoms with E-state index in [1.54, 1.807) is 0 Å². The molecular weight excluding hydrogens is 196 g/mol. The third-order valence-corrected chi connectivity index (χ3v) is 4.59. The van der Waals surface area contributed by atoms with E-state index in [9.17, 15) is 0 Å². The van der Waals surface area contributed by atoms with Crippen LogP contribution >= 0.6 is 0 Å². The summed E-state index contributed by atoms with van der Waals surface area (Å²) >= 11 is 0. The minimum Gasteiger partial charge on any atom is -0.315 e. The topological polar surface area (TPSA) is 15.3 Å². The quantitative estimate of drug-likeness (QED) is 0.790. The molecule has 0 spiro atoms. The average molecular weight is 224 g/mol. The van der Waals surface area contributed by atoms with Crippen LogP contribution in [0.2, 0.25) is 0 Å². The number of rotatable bonds is 4. The summed E-state index contributed by atoms with van der Waals surface area (Å²) in [6.07, 6.45) is 6.91. The molecule has 94 valence electrons. The molecule has 2 rings (SSSR count). The normalized spacial score (nSPS) is 33.8. The predicted octanol–water partition coefficient (Wildman–Crippen LogP) is 2.64. The van der Waals surface area contributed by atoms with Crippen molar-refractivity contribution in [3.8, 4) is 0 Å². The summed E-state index contributed by atoms with van der Waals surface area (Å²) in [7, 11) is 0. The average Bonchev–Trinajstić information content (AvgIpc) is 2.84. The summed E-state index contributed by atoms with van der Waals surface area (Å²) in [5, 5.41) is 3.52. The van der Waals surface area contributed by atoms with Crippen LogP contribution in [0.5, 0.6) is 0 Å². The summed E-state index contributed by atoms with van der Waals surface area (Å²) in [5.41, 5.74) is 0.539. The minimum atomic E-state index is 0.539. The lowest BCUT2D eigenvalue weighted by atomic mass is 9.85. The minimum absolute atomic E-state index is 0.539. The largest absolute Gasteiger partial charge is 0.315 e. The lowest BCUT2D eigenvalue weighted by Crippen LogP contribution is -2.49. The molecule has 2 aliphatic rings. The fourth-order valence-corrected chi connectivity index (χ4v) is 3.70. The number of hydrogen-bond acceptors (Lipinski definition) is 2. The highest BCUT2D eigenvalue weighted by atomic mass is 15.2. The van der Waals surface area contributed by atoms with Crippen molar-refractivity contribution in [2.75, 3.05) is 19.6 Å². The molecule has 2 heteroatoms. The summed E-state index contributed by atoms with van der Waals surface area (Å²) in [4.78, 5) is 2.83. The summed E-state index contributed by atoms with van der Waals surface area (Å²) < 4.78 is 0. The maximum Gasteiger partial charge on any atom is 0.0235 e. The standard InChI is InChI=1S/C14H28N2/c1-4-10-16(12-7-9-15-11-12)13-6-5-8-14(13,2)3/h12-13,15H,4-11H2,1-3H3. The number of nitrogens with one attached hydrogen (secondary N) is 1. The zero-order valence-electron chi connectivity index (χ0n) is 11.3. The van der Waals surface area contributed by atoms with Crippen molar-refractivity contribution < 1.29 is 0 Å². The first-order valence-corrected chi connectivity index (χ1v) is 7.11. The SMILES string of the molecule is CCCN(C1CCNC1)C1CCCC1(C)C. The molecule has 1 saturated carbocycles. The molecule has 1 aliphatic carbocycles. The Kier molecular flexibility index (Phi) is 3.91. The molecule has 0 amide bonds. The molecule has 16 heavy (non-hydrogen) atoms. The van der Waals surface area contributed by atoms with Crippen molar-refractivity contribution in [3.63, 3.8) is 0 Å². The van der Waals surface area contributed by atoms with Crippen molar-refractivity contribution >= 4 is 0 Å². The second-order valence-corrected chi connectivity index (χ2v) is 6.28. The summed E-state index contributed by atoms with van der Waals surface area (Å²) in [6, 6.07) is 1.64. The van der Waals surface area contributed by atoms with Crippen molar-refractivity contribution in [3.05, 3.63) is 0 Å².